The molecule has 0 saturated carbocycles. The fourth-order valence-electron chi connectivity index (χ4n) is 2.50. The lowest BCUT2D eigenvalue weighted by Crippen LogP contribution is -2.37. The normalized spacial score (nSPS) is 21.0. The number of hydrogen-bond acceptors (Lipinski definition) is 4. The van der Waals surface area contributed by atoms with Gasteiger partial charge < -0.3 is 16.0 Å². The van der Waals surface area contributed by atoms with E-state index in [1.54, 1.807) is 17.6 Å². The van der Waals surface area contributed by atoms with E-state index in [-0.39, 0.29) is 22.7 Å². The highest BCUT2D eigenvalue weighted by Crippen LogP contribution is 2.37. The van der Waals surface area contributed by atoms with Crippen LogP contribution in [0, 0.1) is 5.82 Å². The Hall–Kier alpha value is -1.79. The van der Waals surface area contributed by atoms with E-state index >= 15 is 0 Å². The Morgan fingerprint density at radius 3 is 2.76 bits per heavy atom. The second-order valence-corrected chi connectivity index (χ2v) is 5.83. The van der Waals surface area contributed by atoms with E-state index in [4.69, 9.17) is 34.7 Å². The molecule has 8 heteroatoms. The van der Waals surface area contributed by atoms with Crippen LogP contribution >= 0.6 is 23.2 Å². The van der Waals surface area contributed by atoms with Crippen LogP contribution in [-0.4, -0.2) is 15.4 Å². The zero-order valence-corrected chi connectivity index (χ0v) is 12.6. The largest absolute Gasteiger partial charge is 0.399 e. The van der Waals surface area contributed by atoms with Crippen molar-refractivity contribution < 1.29 is 4.39 Å². The number of hydrogen-bond donors (Lipinski definition) is 2. The average Bonchev–Trinajstić information content (AvgIpc) is 2.70. The molecule has 21 heavy (non-hydrogen) atoms. The third-order valence-electron chi connectivity index (χ3n) is 3.50. The molecule has 1 aliphatic rings. The number of anilines is 1. The second kappa shape index (κ2) is 4.61. The van der Waals surface area contributed by atoms with Crippen LogP contribution in [0.2, 0.25) is 10.3 Å². The van der Waals surface area contributed by atoms with Gasteiger partial charge in [-0.15, -0.1) is 0 Å². The van der Waals surface area contributed by atoms with E-state index in [0.717, 1.165) is 0 Å². The number of nitrogens with zero attached hydrogens (tertiary/aromatic N) is 3. The minimum atomic E-state index is -0.940. The van der Waals surface area contributed by atoms with Gasteiger partial charge >= 0.3 is 0 Å². The Balaban J connectivity index is 2.18. The molecule has 1 atom stereocenters. The first-order valence-electron chi connectivity index (χ1n) is 6.14. The molecule has 1 aromatic carbocycles. The van der Waals surface area contributed by atoms with Gasteiger partial charge in [0.25, 0.3) is 0 Å². The van der Waals surface area contributed by atoms with Gasteiger partial charge in [-0.25, -0.2) is 9.37 Å². The van der Waals surface area contributed by atoms with Gasteiger partial charge in [-0.1, -0.05) is 23.2 Å². The van der Waals surface area contributed by atoms with Crippen molar-refractivity contribution >= 4 is 34.7 Å². The monoisotopic (exact) mass is 327 g/mol. The van der Waals surface area contributed by atoms with Crippen molar-refractivity contribution in [3.8, 4) is 0 Å². The number of nitrogen functional groups attached to an aromatic ring is 1. The number of aromatic nitrogens is 2. The first kappa shape index (κ1) is 14.2. The minimum absolute atomic E-state index is 0.141. The number of nitrogens with two attached hydrogens (primary N) is 2. The molecular weight excluding hydrogens is 316 g/mol. The van der Waals surface area contributed by atoms with E-state index in [0.29, 0.717) is 17.1 Å². The fraction of sp³-hybridized carbons (Fsp3) is 0.231. The molecule has 0 bridgehead atoms. The maximum atomic E-state index is 14.2. The van der Waals surface area contributed by atoms with Crippen molar-refractivity contribution in [1.29, 1.82) is 0 Å². The van der Waals surface area contributed by atoms with E-state index < -0.39 is 11.4 Å². The van der Waals surface area contributed by atoms with Crippen molar-refractivity contribution in [3.05, 3.63) is 45.7 Å². The summed E-state index contributed by atoms with van der Waals surface area (Å²) < 4.78 is 15.8. The maximum Gasteiger partial charge on any atom is 0.178 e. The molecule has 110 valence electrons. The van der Waals surface area contributed by atoms with Gasteiger partial charge in [0, 0.05) is 11.3 Å². The lowest BCUT2D eigenvalue weighted by atomic mass is 9.90. The zero-order chi connectivity index (χ0) is 15.4. The summed E-state index contributed by atoms with van der Waals surface area (Å²) in [6.45, 7) is 2.02. The molecule has 2 heterocycles. The molecular formula is C13H12Cl2FN5. The summed E-state index contributed by atoms with van der Waals surface area (Å²) in [6, 6.07) is 4.34. The summed E-state index contributed by atoms with van der Waals surface area (Å²) in [5, 5.41) is 0.391. The van der Waals surface area contributed by atoms with Gasteiger partial charge in [0.1, 0.15) is 16.5 Å². The van der Waals surface area contributed by atoms with E-state index in [9.17, 15) is 4.39 Å². The molecule has 5 nitrogen and oxygen atoms in total. The minimum Gasteiger partial charge on any atom is -0.399 e. The summed E-state index contributed by atoms with van der Waals surface area (Å²) in [4.78, 5) is 8.43. The third-order valence-corrected chi connectivity index (χ3v) is 4.24. The summed E-state index contributed by atoms with van der Waals surface area (Å²) in [5.41, 5.74) is 11.5. The summed E-state index contributed by atoms with van der Waals surface area (Å²) in [5.74, 6) is 0.125. The zero-order valence-electron chi connectivity index (χ0n) is 11.1. The Labute approximate surface area is 130 Å². The molecule has 0 amide bonds. The van der Waals surface area contributed by atoms with Crippen LogP contribution in [0.1, 0.15) is 18.3 Å². The SMILES string of the molecule is C[C@@]1(c2cc(N)ccc2F)Cn2c(nc(Cl)c2Cl)C(N)=N1. The predicted octanol–water partition coefficient (Wildman–Crippen LogP) is 2.55. The van der Waals surface area contributed by atoms with Crippen molar-refractivity contribution in [1.82, 2.24) is 9.55 Å². The number of rotatable bonds is 1. The summed E-state index contributed by atoms with van der Waals surface area (Å²) >= 11 is 12.0. The van der Waals surface area contributed by atoms with Crippen LogP contribution in [0.5, 0.6) is 0 Å². The van der Waals surface area contributed by atoms with E-state index in [1.807, 2.05) is 0 Å². The first-order valence-corrected chi connectivity index (χ1v) is 6.90. The lowest BCUT2D eigenvalue weighted by molar-refractivity contribution is 0.384. The highest BCUT2D eigenvalue weighted by atomic mass is 35.5. The summed E-state index contributed by atoms with van der Waals surface area (Å²) in [7, 11) is 0. The quantitative estimate of drug-likeness (QED) is 0.789. The molecule has 0 unspecified atom stereocenters. The van der Waals surface area contributed by atoms with E-state index in [1.165, 1.54) is 12.1 Å². The van der Waals surface area contributed by atoms with Gasteiger partial charge in [0.2, 0.25) is 0 Å². The van der Waals surface area contributed by atoms with Crippen LogP contribution in [0.3, 0.4) is 0 Å². The fourth-order valence-corrected chi connectivity index (χ4v) is 2.87. The molecule has 0 saturated heterocycles. The topological polar surface area (TPSA) is 82.2 Å². The first-order chi connectivity index (χ1) is 9.82. The van der Waals surface area contributed by atoms with Gasteiger partial charge in [0.05, 0.1) is 6.54 Å². The molecule has 4 N–H and O–H groups in total. The van der Waals surface area contributed by atoms with Gasteiger partial charge in [0.15, 0.2) is 16.8 Å². The number of benzene rings is 1. The maximum absolute atomic E-state index is 14.2. The molecule has 0 aliphatic carbocycles. The molecule has 1 aromatic heterocycles. The van der Waals surface area contributed by atoms with Crippen molar-refractivity contribution in [2.45, 2.75) is 19.0 Å². The van der Waals surface area contributed by atoms with Crippen LogP contribution in [0.4, 0.5) is 10.1 Å². The Morgan fingerprint density at radius 1 is 1.33 bits per heavy atom. The number of halogens is 3. The van der Waals surface area contributed by atoms with Crippen LogP contribution < -0.4 is 11.5 Å². The smallest absolute Gasteiger partial charge is 0.178 e. The van der Waals surface area contributed by atoms with Crippen molar-refractivity contribution in [2.24, 2.45) is 10.7 Å². The lowest BCUT2D eigenvalue weighted by Gasteiger charge is -2.31. The summed E-state index contributed by atoms with van der Waals surface area (Å²) in [6.07, 6.45) is 0. The molecule has 1 aliphatic heterocycles. The predicted molar refractivity (Wildman–Crippen MR) is 81.1 cm³/mol. The molecule has 0 fully saturated rings. The van der Waals surface area contributed by atoms with E-state index in [2.05, 4.69) is 9.98 Å². The van der Waals surface area contributed by atoms with Crippen LogP contribution in [0.15, 0.2) is 23.2 Å². The third kappa shape index (κ3) is 2.15. The molecule has 3 rings (SSSR count). The van der Waals surface area contributed by atoms with Gasteiger partial charge in [-0.05, 0) is 25.1 Å². The standard InChI is InChI=1S/C13H12Cl2FN5/c1-13(7-4-6(17)2-3-8(7)16)5-21-10(15)9(14)19-12(21)11(18)20-13/h2-4H,5,17H2,1H3,(H2,18,20)/t13-/m0/s1. The Morgan fingerprint density at radius 2 is 2.05 bits per heavy atom. The Kier molecular flexibility index (Phi) is 3.11. The number of aliphatic imine (C=N–C) groups is 1. The molecule has 0 spiro atoms. The van der Waals surface area contributed by atoms with Gasteiger partial charge in [-0.2, -0.15) is 0 Å². The number of amidine groups is 1. The van der Waals surface area contributed by atoms with Crippen molar-refractivity contribution in [2.75, 3.05) is 5.73 Å². The highest BCUT2D eigenvalue weighted by Gasteiger charge is 2.36. The van der Waals surface area contributed by atoms with Crippen LogP contribution in [-0.2, 0) is 12.1 Å². The van der Waals surface area contributed by atoms with Crippen molar-refractivity contribution in [3.63, 3.8) is 0 Å². The molecule has 0 radical (unpaired) electrons. The second-order valence-electron chi connectivity index (χ2n) is 5.11. The number of imidazole rings is 1. The van der Waals surface area contributed by atoms with Gasteiger partial charge in [-0.3, -0.25) is 4.99 Å². The highest BCUT2D eigenvalue weighted by molar-refractivity contribution is 6.41. The Bertz CT molecular complexity index is 770. The number of fused-ring (bicyclic) bond motifs is 1. The van der Waals surface area contributed by atoms with Crippen LogP contribution in [0.25, 0.3) is 0 Å². The average molecular weight is 328 g/mol. The molecule has 2 aromatic rings.